The van der Waals surface area contributed by atoms with Gasteiger partial charge in [0.2, 0.25) is 0 Å². The van der Waals surface area contributed by atoms with Crippen molar-refractivity contribution in [1.29, 1.82) is 0 Å². The Kier molecular flexibility index (Phi) is 5.26. The highest BCUT2D eigenvalue weighted by molar-refractivity contribution is 7.98. The number of rotatable bonds is 6. The second-order valence-electron chi connectivity index (χ2n) is 5.20. The third-order valence-corrected chi connectivity index (χ3v) is 7.07. The van der Waals surface area contributed by atoms with Crippen LogP contribution < -0.4 is 5.32 Å². The minimum absolute atomic E-state index is 0.174. The molecule has 0 atom stereocenters. The summed E-state index contributed by atoms with van der Waals surface area (Å²) in [7, 11) is -3.30. The van der Waals surface area contributed by atoms with Gasteiger partial charge in [0.05, 0.1) is 22.6 Å². The van der Waals surface area contributed by atoms with Crippen molar-refractivity contribution in [3.63, 3.8) is 0 Å². The van der Waals surface area contributed by atoms with Gasteiger partial charge in [0.15, 0.2) is 9.84 Å². The predicted molar refractivity (Wildman–Crippen MR) is 99.9 cm³/mol. The van der Waals surface area contributed by atoms with E-state index in [4.69, 9.17) is 0 Å². The van der Waals surface area contributed by atoms with E-state index >= 15 is 0 Å². The molecule has 0 unspecified atom stereocenters. The van der Waals surface area contributed by atoms with Gasteiger partial charge in [-0.2, -0.15) is 5.10 Å². The van der Waals surface area contributed by atoms with Gasteiger partial charge in [-0.25, -0.2) is 8.42 Å². The Morgan fingerprint density at radius 2 is 2.00 bits per heavy atom. The Morgan fingerprint density at radius 1 is 1.24 bits per heavy atom. The summed E-state index contributed by atoms with van der Waals surface area (Å²) in [4.78, 5) is 13.7. The fraction of sp³-hybridized carbons (Fsp3) is 0.125. The number of hydrogen-bond donors (Lipinski definition) is 1. The molecular weight excluding hydrogens is 378 g/mol. The van der Waals surface area contributed by atoms with E-state index in [1.807, 2.05) is 30.3 Å². The molecule has 1 N–H and O–H groups in total. The van der Waals surface area contributed by atoms with Gasteiger partial charge in [0.25, 0.3) is 5.91 Å². The maximum atomic E-state index is 12.2. The molecule has 0 fully saturated rings. The molecule has 2 heterocycles. The third-order valence-electron chi connectivity index (χ3n) is 3.17. The van der Waals surface area contributed by atoms with E-state index < -0.39 is 9.84 Å². The van der Waals surface area contributed by atoms with E-state index in [9.17, 15) is 13.2 Å². The number of sulfone groups is 1. The van der Waals surface area contributed by atoms with Crippen LogP contribution in [0.25, 0.3) is 0 Å². The lowest BCUT2D eigenvalue weighted by atomic mass is 10.4. The van der Waals surface area contributed by atoms with Crippen LogP contribution in [0, 0.1) is 0 Å². The Labute approximate surface area is 153 Å². The van der Waals surface area contributed by atoms with E-state index in [0.29, 0.717) is 16.4 Å². The minimum Gasteiger partial charge on any atom is -0.319 e. The van der Waals surface area contributed by atoms with E-state index in [0.717, 1.165) is 22.5 Å². The first-order valence-electron chi connectivity index (χ1n) is 7.23. The molecule has 0 saturated carbocycles. The second-order valence-corrected chi connectivity index (χ2v) is 9.54. The van der Waals surface area contributed by atoms with E-state index in [1.54, 1.807) is 28.8 Å². The number of hydrogen-bond acceptors (Lipinski definition) is 6. The topological polar surface area (TPSA) is 81.1 Å². The lowest BCUT2D eigenvalue weighted by Crippen LogP contribution is -2.09. The van der Waals surface area contributed by atoms with Gasteiger partial charge in [0.1, 0.15) is 4.21 Å². The van der Waals surface area contributed by atoms with Crippen LogP contribution in [-0.4, -0.2) is 30.4 Å². The maximum absolute atomic E-state index is 12.2. The van der Waals surface area contributed by atoms with Crippen molar-refractivity contribution in [2.45, 2.75) is 15.0 Å². The summed E-state index contributed by atoms with van der Waals surface area (Å²) in [5, 5.41) is 6.94. The van der Waals surface area contributed by atoms with Crippen molar-refractivity contribution >= 4 is 44.5 Å². The second kappa shape index (κ2) is 7.42. The Hall–Kier alpha value is -2.10. The number of anilines is 1. The SMILES string of the molecule is CS(=O)(=O)c1ccc(C(=O)Nc2cnn(CSc3ccccc3)c2)s1. The van der Waals surface area contributed by atoms with Crippen LogP contribution in [0.1, 0.15) is 9.67 Å². The van der Waals surface area contributed by atoms with Gasteiger partial charge in [-0.3, -0.25) is 9.48 Å². The van der Waals surface area contributed by atoms with Crippen LogP contribution in [-0.2, 0) is 15.7 Å². The number of thiophene rings is 1. The van der Waals surface area contributed by atoms with Crippen molar-refractivity contribution in [2.75, 3.05) is 11.6 Å². The van der Waals surface area contributed by atoms with Crippen LogP contribution >= 0.6 is 23.1 Å². The van der Waals surface area contributed by atoms with Crippen molar-refractivity contribution in [2.24, 2.45) is 0 Å². The number of thioether (sulfide) groups is 1. The van der Waals surface area contributed by atoms with E-state index in [2.05, 4.69) is 10.4 Å². The molecule has 0 aliphatic heterocycles. The first kappa shape index (κ1) is 17.7. The molecule has 0 radical (unpaired) electrons. The summed E-state index contributed by atoms with van der Waals surface area (Å²) >= 11 is 2.58. The Balaban J connectivity index is 1.61. The van der Waals surface area contributed by atoms with Crippen LogP contribution in [0.3, 0.4) is 0 Å². The quantitative estimate of drug-likeness (QED) is 0.650. The smallest absolute Gasteiger partial charge is 0.265 e. The van der Waals surface area contributed by atoms with Crippen LogP contribution in [0.4, 0.5) is 5.69 Å². The van der Waals surface area contributed by atoms with Gasteiger partial charge in [0, 0.05) is 17.3 Å². The molecule has 1 aromatic carbocycles. The summed E-state index contributed by atoms with van der Waals surface area (Å²) in [6.07, 6.45) is 4.42. The molecule has 130 valence electrons. The van der Waals surface area contributed by atoms with Gasteiger partial charge >= 0.3 is 0 Å². The average Bonchev–Trinajstić information content (AvgIpc) is 3.23. The van der Waals surface area contributed by atoms with Crippen molar-refractivity contribution in [3.8, 4) is 0 Å². The molecular formula is C16H15N3O3S3. The van der Waals surface area contributed by atoms with Gasteiger partial charge in [-0.15, -0.1) is 23.1 Å². The maximum Gasteiger partial charge on any atom is 0.265 e. The molecule has 2 aromatic heterocycles. The largest absolute Gasteiger partial charge is 0.319 e. The predicted octanol–water partition coefficient (Wildman–Crippen LogP) is 3.35. The minimum atomic E-state index is -3.30. The first-order chi connectivity index (χ1) is 11.9. The summed E-state index contributed by atoms with van der Waals surface area (Å²) in [5.41, 5.74) is 0.563. The van der Waals surface area contributed by atoms with E-state index in [1.165, 1.54) is 12.1 Å². The number of nitrogens with one attached hydrogen (secondary N) is 1. The molecule has 3 rings (SSSR count). The Bertz CT molecular complexity index is 978. The fourth-order valence-corrected chi connectivity index (χ4v) is 4.59. The third kappa shape index (κ3) is 4.71. The summed E-state index contributed by atoms with van der Waals surface area (Å²) in [6.45, 7) is 0. The van der Waals surface area contributed by atoms with Crippen LogP contribution in [0.15, 0.2) is 64.0 Å². The highest BCUT2D eigenvalue weighted by atomic mass is 32.2. The van der Waals surface area contributed by atoms with Crippen LogP contribution in [0.5, 0.6) is 0 Å². The summed E-state index contributed by atoms with van der Waals surface area (Å²) < 4.78 is 24.9. The lowest BCUT2D eigenvalue weighted by molar-refractivity contribution is 0.103. The zero-order chi connectivity index (χ0) is 17.9. The van der Waals surface area contributed by atoms with Gasteiger partial charge in [-0.1, -0.05) is 18.2 Å². The number of carbonyl (C=O) groups excluding carboxylic acids is 1. The fourth-order valence-electron chi connectivity index (χ4n) is 1.99. The first-order valence-corrected chi connectivity index (χ1v) is 10.9. The summed E-state index contributed by atoms with van der Waals surface area (Å²) in [6, 6.07) is 12.9. The van der Waals surface area contributed by atoms with Crippen molar-refractivity contribution in [3.05, 3.63) is 59.7 Å². The average molecular weight is 394 g/mol. The van der Waals surface area contributed by atoms with Gasteiger partial charge < -0.3 is 5.32 Å². The summed E-state index contributed by atoms with van der Waals surface area (Å²) in [5.74, 6) is 0.270. The molecule has 1 amide bonds. The van der Waals surface area contributed by atoms with Crippen molar-refractivity contribution < 1.29 is 13.2 Å². The standard InChI is InChI=1S/C16H15N3O3S3/c1-25(21,22)15-8-7-14(24-15)16(20)18-12-9-17-19(10-12)11-23-13-5-3-2-4-6-13/h2-10H,11H2,1H3,(H,18,20). The molecule has 9 heteroatoms. The number of aromatic nitrogens is 2. The lowest BCUT2D eigenvalue weighted by Gasteiger charge is -2.01. The number of benzene rings is 1. The highest BCUT2D eigenvalue weighted by Crippen LogP contribution is 2.23. The molecule has 6 nitrogen and oxygen atoms in total. The Morgan fingerprint density at radius 3 is 2.68 bits per heavy atom. The van der Waals surface area contributed by atoms with Gasteiger partial charge in [-0.05, 0) is 24.3 Å². The molecule has 0 spiro atoms. The highest BCUT2D eigenvalue weighted by Gasteiger charge is 2.15. The molecule has 25 heavy (non-hydrogen) atoms. The van der Waals surface area contributed by atoms with Crippen molar-refractivity contribution in [1.82, 2.24) is 9.78 Å². The zero-order valence-electron chi connectivity index (χ0n) is 13.2. The molecule has 0 aliphatic rings. The number of amides is 1. The molecule has 0 saturated heterocycles. The normalized spacial score (nSPS) is 11.4. The monoisotopic (exact) mass is 393 g/mol. The number of carbonyl (C=O) groups is 1. The number of nitrogens with zero attached hydrogens (tertiary/aromatic N) is 2. The van der Waals surface area contributed by atoms with E-state index in [-0.39, 0.29) is 10.1 Å². The zero-order valence-corrected chi connectivity index (χ0v) is 15.7. The van der Waals surface area contributed by atoms with Crippen LogP contribution in [0.2, 0.25) is 0 Å². The molecule has 0 bridgehead atoms. The molecule has 0 aliphatic carbocycles. The molecule has 3 aromatic rings.